The molecule has 0 aromatic rings. The molecule has 0 rings (SSSR count). The van der Waals surface area contributed by atoms with E-state index in [-0.39, 0.29) is 6.54 Å². The highest BCUT2D eigenvalue weighted by atomic mass is 16.6. The molecule has 0 aromatic carbocycles. The lowest BCUT2D eigenvalue weighted by Gasteiger charge is -2.28. The maximum Gasteiger partial charge on any atom is 0.410 e. The maximum atomic E-state index is 12.6. The smallest absolute Gasteiger partial charge is 0.410 e. The molecule has 11 heteroatoms. The molecule has 0 heterocycles. The van der Waals surface area contributed by atoms with Gasteiger partial charge in [0, 0.05) is 26.2 Å². The monoisotopic (exact) mass is 503 g/mol. The van der Waals surface area contributed by atoms with E-state index < -0.39 is 47.6 Å². The lowest BCUT2D eigenvalue weighted by molar-refractivity contribution is -0.138. The number of carbonyl (C=O) groups is 4. The van der Waals surface area contributed by atoms with Gasteiger partial charge in [0.05, 0.1) is 0 Å². The molecule has 3 amide bonds. The van der Waals surface area contributed by atoms with Crippen molar-refractivity contribution in [3.8, 4) is 0 Å². The zero-order valence-corrected chi connectivity index (χ0v) is 22.9. The Hall–Kier alpha value is -2.72. The molecule has 0 saturated carbocycles. The average molecular weight is 504 g/mol. The van der Waals surface area contributed by atoms with Crippen LogP contribution in [0.25, 0.3) is 0 Å². The van der Waals surface area contributed by atoms with E-state index in [0.717, 1.165) is 4.90 Å². The molecule has 0 atom stereocenters. The van der Waals surface area contributed by atoms with Crippen LogP contribution in [0.15, 0.2) is 0 Å². The highest BCUT2D eigenvalue weighted by molar-refractivity contribution is 5.76. The van der Waals surface area contributed by atoms with Crippen molar-refractivity contribution in [1.82, 2.24) is 15.1 Å². The number of ether oxygens (including phenoxy) is 3. The molecule has 204 valence electrons. The first-order chi connectivity index (χ1) is 15.8. The van der Waals surface area contributed by atoms with Crippen LogP contribution in [0.3, 0.4) is 0 Å². The van der Waals surface area contributed by atoms with Gasteiger partial charge in [-0.1, -0.05) is 0 Å². The van der Waals surface area contributed by atoms with E-state index in [9.17, 15) is 19.2 Å². The van der Waals surface area contributed by atoms with Crippen molar-refractivity contribution in [1.29, 1.82) is 0 Å². The number of alkyl carbamates (subject to hydrolysis) is 1. The molecule has 0 spiro atoms. The molecule has 0 unspecified atom stereocenters. The maximum absolute atomic E-state index is 12.6. The minimum atomic E-state index is -1.14. The Kier molecular flexibility index (Phi) is 12.9. The summed E-state index contributed by atoms with van der Waals surface area (Å²) in [4.78, 5) is 50.6. The van der Waals surface area contributed by atoms with Crippen molar-refractivity contribution in [2.75, 3.05) is 32.7 Å². The Morgan fingerprint density at radius 1 is 0.657 bits per heavy atom. The number of nitrogens with zero attached hydrogens (tertiary/aromatic N) is 2. The third-order valence-corrected chi connectivity index (χ3v) is 4.01. The number of hydrogen-bond donors (Lipinski definition) is 2. The Labute approximate surface area is 209 Å². The van der Waals surface area contributed by atoms with Crippen molar-refractivity contribution >= 4 is 24.2 Å². The van der Waals surface area contributed by atoms with Crippen LogP contribution in [0.1, 0.15) is 81.6 Å². The number of carboxylic acid groups (broad SMARTS) is 1. The number of hydrogen-bond acceptors (Lipinski definition) is 7. The molecule has 0 aliphatic carbocycles. The lowest BCUT2D eigenvalue weighted by atomic mass is 10.2. The first-order valence-corrected chi connectivity index (χ1v) is 11.9. The molecule has 0 radical (unpaired) electrons. The van der Waals surface area contributed by atoms with Gasteiger partial charge in [-0.05, 0) is 81.6 Å². The number of rotatable bonds is 11. The zero-order valence-electron chi connectivity index (χ0n) is 22.9. The van der Waals surface area contributed by atoms with E-state index in [0.29, 0.717) is 38.9 Å². The summed E-state index contributed by atoms with van der Waals surface area (Å²) in [7, 11) is 0. The molecule has 0 bridgehead atoms. The average Bonchev–Trinajstić information content (AvgIpc) is 2.60. The number of carboxylic acids is 1. The summed E-state index contributed by atoms with van der Waals surface area (Å²) in [6, 6.07) is 0. The molecule has 35 heavy (non-hydrogen) atoms. The summed E-state index contributed by atoms with van der Waals surface area (Å²) in [6.45, 7) is 16.5. The van der Waals surface area contributed by atoms with Gasteiger partial charge in [-0.25, -0.2) is 14.4 Å². The third-order valence-electron chi connectivity index (χ3n) is 4.01. The fourth-order valence-electron chi connectivity index (χ4n) is 2.73. The summed E-state index contributed by atoms with van der Waals surface area (Å²) in [5.41, 5.74) is -2.01. The first kappa shape index (κ1) is 32.3. The summed E-state index contributed by atoms with van der Waals surface area (Å²) in [6.07, 6.45) is -0.246. The molecule has 0 aliphatic heterocycles. The zero-order chi connectivity index (χ0) is 27.4. The number of carbonyl (C=O) groups excluding carboxylic acids is 3. The van der Waals surface area contributed by atoms with Gasteiger partial charge in [-0.15, -0.1) is 0 Å². The van der Waals surface area contributed by atoms with E-state index in [4.69, 9.17) is 19.3 Å². The summed E-state index contributed by atoms with van der Waals surface area (Å²) in [5.74, 6) is -1.14. The van der Waals surface area contributed by atoms with Crippen LogP contribution in [0.2, 0.25) is 0 Å². The van der Waals surface area contributed by atoms with Gasteiger partial charge in [0.1, 0.15) is 23.3 Å². The fraction of sp³-hybridized carbons (Fsp3) is 0.833. The first-order valence-electron chi connectivity index (χ1n) is 11.9. The van der Waals surface area contributed by atoms with Gasteiger partial charge in [-0.2, -0.15) is 0 Å². The summed E-state index contributed by atoms with van der Waals surface area (Å²) in [5, 5.41) is 11.8. The van der Waals surface area contributed by atoms with Crippen LogP contribution >= 0.6 is 0 Å². The highest BCUT2D eigenvalue weighted by Crippen LogP contribution is 2.13. The molecule has 0 aliphatic rings. The standard InChI is InChI=1S/C24H45N3O8/c1-22(2,3)33-19(30)25-13-12-16-26(20(31)34-23(4,5)6)14-10-11-15-27(17-18(28)29)21(32)35-24(7,8)9/h10-17H2,1-9H3,(H,25,30)(H,28,29). The Bertz CT molecular complexity index is 705. The van der Waals surface area contributed by atoms with Crippen molar-refractivity contribution in [3.05, 3.63) is 0 Å². The Morgan fingerprint density at radius 3 is 1.49 bits per heavy atom. The normalized spacial score (nSPS) is 11.9. The minimum absolute atomic E-state index is 0.170. The Balaban J connectivity index is 4.87. The summed E-state index contributed by atoms with van der Waals surface area (Å²) < 4.78 is 16.0. The second-order valence-electron chi connectivity index (χ2n) is 11.3. The van der Waals surface area contributed by atoms with Gasteiger partial charge in [0.25, 0.3) is 0 Å². The molecule has 11 nitrogen and oxygen atoms in total. The number of nitrogens with one attached hydrogen (secondary N) is 1. The van der Waals surface area contributed by atoms with Crippen LogP contribution in [-0.4, -0.2) is 88.7 Å². The SMILES string of the molecule is CC(C)(C)OC(=O)NCCCN(CCCCN(CC(=O)O)C(=O)OC(C)(C)C)C(=O)OC(C)(C)C. The topological polar surface area (TPSA) is 135 Å². The van der Waals surface area contributed by atoms with Crippen LogP contribution in [0.4, 0.5) is 14.4 Å². The fourth-order valence-corrected chi connectivity index (χ4v) is 2.73. The molecular weight excluding hydrogens is 458 g/mol. The van der Waals surface area contributed by atoms with E-state index in [1.54, 1.807) is 62.3 Å². The van der Waals surface area contributed by atoms with Crippen LogP contribution in [-0.2, 0) is 19.0 Å². The van der Waals surface area contributed by atoms with Gasteiger partial charge in [0.2, 0.25) is 0 Å². The molecule has 0 fully saturated rings. The molecular formula is C24H45N3O8. The van der Waals surface area contributed by atoms with Crippen molar-refractivity contribution in [2.24, 2.45) is 0 Å². The predicted molar refractivity (Wildman–Crippen MR) is 131 cm³/mol. The van der Waals surface area contributed by atoms with Crippen LogP contribution < -0.4 is 5.32 Å². The lowest BCUT2D eigenvalue weighted by Crippen LogP contribution is -2.41. The molecule has 0 aromatic heterocycles. The van der Waals surface area contributed by atoms with Crippen molar-refractivity contribution in [3.63, 3.8) is 0 Å². The largest absolute Gasteiger partial charge is 0.480 e. The quantitative estimate of drug-likeness (QED) is 0.316. The van der Waals surface area contributed by atoms with Gasteiger partial charge < -0.3 is 29.5 Å². The third kappa shape index (κ3) is 18.3. The van der Waals surface area contributed by atoms with Crippen molar-refractivity contribution in [2.45, 2.75) is 98.4 Å². The van der Waals surface area contributed by atoms with Gasteiger partial charge >= 0.3 is 24.2 Å². The Morgan fingerprint density at radius 2 is 1.06 bits per heavy atom. The second-order valence-corrected chi connectivity index (χ2v) is 11.3. The minimum Gasteiger partial charge on any atom is -0.480 e. The second kappa shape index (κ2) is 14.0. The van der Waals surface area contributed by atoms with Crippen LogP contribution in [0, 0.1) is 0 Å². The van der Waals surface area contributed by atoms with E-state index in [2.05, 4.69) is 5.32 Å². The van der Waals surface area contributed by atoms with E-state index in [1.165, 1.54) is 4.90 Å². The number of unbranched alkanes of at least 4 members (excludes halogenated alkanes) is 1. The molecule has 2 N–H and O–H groups in total. The molecule has 0 saturated heterocycles. The van der Waals surface area contributed by atoms with E-state index >= 15 is 0 Å². The summed E-state index contributed by atoms with van der Waals surface area (Å²) >= 11 is 0. The highest BCUT2D eigenvalue weighted by Gasteiger charge is 2.25. The number of aliphatic carboxylic acids is 1. The van der Waals surface area contributed by atoms with Crippen molar-refractivity contribution < 1.29 is 38.5 Å². The van der Waals surface area contributed by atoms with Gasteiger partial charge in [0.15, 0.2) is 0 Å². The number of amides is 3. The van der Waals surface area contributed by atoms with E-state index in [1.807, 2.05) is 0 Å². The van der Waals surface area contributed by atoms with Gasteiger partial charge in [-0.3, -0.25) is 9.69 Å². The predicted octanol–water partition coefficient (Wildman–Crippen LogP) is 4.24. The van der Waals surface area contributed by atoms with Crippen LogP contribution in [0.5, 0.6) is 0 Å².